The number of carbonyl (C=O) groups excluding carboxylic acids is 1. The number of nitrogens with one attached hydrogen (secondary N) is 2. The number of hydrogen-bond donors (Lipinski definition) is 2. The molecule has 1 aromatic carbocycles. The van der Waals surface area contributed by atoms with Crippen molar-refractivity contribution < 1.29 is 4.79 Å². The Morgan fingerprint density at radius 3 is 2.66 bits per heavy atom. The Balaban J connectivity index is 1.77. The summed E-state index contributed by atoms with van der Waals surface area (Å²) in [5.74, 6) is 1.10. The molecule has 0 radical (unpaired) electrons. The Morgan fingerprint density at radius 2 is 2.00 bits per heavy atom. The molecule has 29 heavy (non-hydrogen) atoms. The zero-order chi connectivity index (χ0) is 20.4. The highest BCUT2D eigenvalue weighted by atomic mass is 16.1. The highest BCUT2D eigenvalue weighted by Gasteiger charge is 2.22. The molecule has 0 aliphatic rings. The zero-order valence-corrected chi connectivity index (χ0v) is 16.7. The molecule has 1 atom stereocenters. The number of rotatable bonds is 6. The largest absolute Gasteiger partial charge is 0.342 e. The predicted molar refractivity (Wildman–Crippen MR) is 110 cm³/mol. The number of carbonyl (C=O) groups is 1. The molecule has 8 heteroatoms. The van der Waals surface area contributed by atoms with Crippen LogP contribution < -0.4 is 5.32 Å². The van der Waals surface area contributed by atoms with Gasteiger partial charge < -0.3 is 5.32 Å². The summed E-state index contributed by atoms with van der Waals surface area (Å²) in [7, 11) is 0. The molecule has 3 heterocycles. The topological polar surface area (TPSA) is 101 Å². The highest BCUT2D eigenvalue weighted by molar-refractivity contribution is 6.06. The summed E-state index contributed by atoms with van der Waals surface area (Å²) >= 11 is 0. The first-order valence-electron chi connectivity index (χ1n) is 9.72. The Kier molecular flexibility index (Phi) is 5.07. The molecule has 0 aliphatic carbocycles. The van der Waals surface area contributed by atoms with Crippen LogP contribution in [0, 0.1) is 6.92 Å². The van der Waals surface area contributed by atoms with E-state index >= 15 is 0 Å². The number of H-pyrrole nitrogens is 1. The van der Waals surface area contributed by atoms with Crippen molar-refractivity contribution in [2.45, 2.75) is 39.8 Å². The molecular formula is C21H23N7O. The second-order valence-electron chi connectivity index (χ2n) is 6.83. The van der Waals surface area contributed by atoms with Gasteiger partial charge in [0.05, 0.1) is 28.9 Å². The summed E-state index contributed by atoms with van der Waals surface area (Å²) in [4.78, 5) is 22.4. The normalized spacial score (nSPS) is 12.2. The quantitative estimate of drug-likeness (QED) is 0.526. The maximum absolute atomic E-state index is 13.2. The number of amides is 1. The van der Waals surface area contributed by atoms with E-state index in [1.165, 1.54) is 0 Å². The third-order valence-electron chi connectivity index (χ3n) is 4.86. The minimum atomic E-state index is -0.280. The molecule has 0 fully saturated rings. The van der Waals surface area contributed by atoms with E-state index in [0.717, 1.165) is 22.5 Å². The molecule has 148 valence electrons. The maximum atomic E-state index is 13.2. The molecule has 3 aromatic heterocycles. The van der Waals surface area contributed by atoms with Crippen molar-refractivity contribution in [1.82, 2.24) is 35.3 Å². The summed E-state index contributed by atoms with van der Waals surface area (Å²) in [6, 6.07) is 11.4. The first-order chi connectivity index (χ1) is 14.1. The van der Waals surface area contributed by atoms with Crippen molar-refractivity contribution in [2.24, 2.45) is 0 Å². The Hall–Kier alpha value is -3.55. The highest BCUT2D eigenvalue weighted by Crippen LogP contribution is 2.25. The molecule has 0 unspecified atom stereocenters. The van der Waals surface area contributed by atoms with Gasteiger partial charge in [0.1, 0.15) is 5.82 Å². The van der Waals surface area contributed by atoms with Crippen LogP contribution in [0.4, 0.5) is 0 Å². The molecule has 0 spiro atoms. The lowest BCUT2D eigenvalue weighted by molar-refractivity contribution is 0.0935. The van der Waals surface area contributed by atoms with Crippen molar-refractivity contribution >= 4 is 16.9 Å². The molecule has 0 saturated heterocycles. The fourth-order valence-corrected chi connectivity index (χ4v) is 3.32. The van der Waals surface area contributed by atoms with Crippen LogP contribution in [0.25, 0.3) is 22.3 Å². The first-order valence-corrected chi connectivity index (χ1v) is 9.72. The summed E-state index contributed by atoms with van der Waals surface area (Å²) in [5, 5.41) is 15.2. The first kappa shape index (κ1) is 18.8. The number of aryl methyl sites for hydroxylation is 2. The van der Waals surface area contributed by atoms with Crippen molar-refractivity contribution in [3.8, 4) is 11.3 Å². The minimum Gasteiger partial charge on any atom is -0.342 e. The molecule has 0 bridgehead atoms. The summed E-state index contributed by atoms with van der Waals surface area (Å²) in [5.41, 5.74) is 2.92. The molecule has 1 amide bonds. The molecule has 0 aliphatic heterocycles. The Bertz CT molecular complexity index is 1150. The average molecular weight is 389 g/mol. The molecular weight excluding hydrogens is 366 g/mol. The van der Waals surface area contributed by atoms with E-state index in [1.807, 2.05) is 57.2 Å². The van der Waals surface area contributed by atoms with E-state index in [-0.39, 0.29) is 11.9 Å². The molecule has 2 N–H and O–H groups in total. The van der Waals surface area contributed by atoms with Crippen LogP contribution in [-0.4, -0.2) is 35.9 Å². The molecule has 4 rings (SSSR count). The standard InChI is InChI=1S/C21H23N7O/c1-4-17(19-23-13(3)26-27-19)25-21(29)15-11-18(14-9-7-6-8-10-14)24-20-16(15)12-22-28(20)5-2/h6-12,17H,4-5H2,1-3H3,(H,25,29)(H,23,26,27)/t17-/m1/s1. The van der Waals surface area contributed by atoms with E-state index in [2.05, 4.69) is 25.6 Å². The van der Waals surface area contributed by atoms with Gasteiger partial charge in [-0.15, -0.1) is 0 Å². The number of pyridine rings is 1. The molecule has 8 nitrogen and oxygen atoms in total. The van der Waals surface area contributed by atoms with Crippen LogP contribution in [0.1, 0.15) is 48.3 Å². The maximum Gasteiger partial charge on any atom is 0.252 e. The third kappa shape index (κ3) is 3.61. The minimum absolute atomic E-state index is 0.195. The smallest absolute Gasteiger partial charge is 0.252 e. The van der Waals surface area contributed by atoms with Crippen LogP contribution >= 0.6 is 0 Å². The van der Waals surface area contributed by atoms with Gasteiger partial charge in [-0.1, -0.05) is 37.3 Å². The van der Waals surface area contributed by atoms with E-state index in [9.17, 15) is 4.79 Å². The van der Waals surface area contributed by atoms with E-state index in [4.69, 9.17) is 4.98 Å². The number of fused-ring (bicyclic) bond motifs is 1. The van der Waals surface area contributed by atoms with Gasteiger partial charge in [0.25, 0.3) is 5.91 Å². The van der Waals surface area contributed by atoms with E-state index < -0.39 is 0 Å². The lowest BCUT2D eigenvalue weighted by atomic mass is 10.1. The second-order valence-corrected chi connectivity index (χ2v) is 6.83. The number of hydrogen-bond acceptors (Lipinski definition) is 5. The van der Waals surface area contributed by atoms with Crippen LogP contribution in [0.2, 0.25) is 0 Å². The summed E-state index contributed by atoms with van der Waals surface area (Å²) in [6.07, 6.45) is 2.38. The van der Waals surface area contributed by atoms with Gasteiger partial charge in [-0.2, -0.15) is 10.2 Å². The van der Waals surface area contributed by atoms with E-state index in [0.29, 0.717) is 30.0 Å². The van der Waals surface area contributed by atoms with Gasteiger partial charge in [-0.3, -0.25) is 9.89 Å². The fourth-order valence-electron chi connectivity index (χ4n) is 3.32. The van der Waals surface area contributed by atoms with Gasteiger partial charge in [0.15, 0.2) is 11.5 Å². The number of aromatic nitrogens is 6. The number of aromatic amines is 1. The zero-order valence-electron chi connectivity index (χ0n) is 16.7. The number of benzene rings is 1. The third-order valence-corrected chi connectivity index (χ3v) is 4.86. The Labute approximate surface area is 168 Å². The summed E-state index contributed by atoms with van der Waals surface area (Å²) in [6.45, 7) is 6.50. The SMILES string of the molecule is CC[C@@H](NC(=O)c1cc(-c2ccccc2)nc2c1cnn2CC)c1n[nH]c(C)n1. The Morgan fingerprint density at radius 1 is 1.21 bits per heavy atom. The van der Waals surface area contributed by atoms with Crippen LogP contribution in [0.5, 0.6) is 0 Å². The van der Waals surface area contributed by atoms with Gasteiger partial charge in [-0.05, 0) is 26.3 Å². The van der Waals surface area contributed by atoms with Crippen molar-refractivity contribution in [3.63, 3.8) is 0 Å². The number of nitrogens with zero attached hydrogens (tertiary/aromatic N) is 5. The monoisotopic (exact) mass is 389 g/mol. The molecule has 4 aromatic rings. The summed E-state index contributed by atoms with van der Waals surface area (Å²) < 4.78 is 1.80. The predicted octanol–water partition coefficient (Wildman–Crippen LogP) is 3.43. The van der Waals surface area contributed by atoms with Crippen LogP contribution in [0.15, 0.2) is 42.6 Å². The fraction of sp³-hybridized carbons (Fsp3) is 0.286. The lowest BCUT2D eigenvalue weighted by Gasteiger charge is -2.15. The van der Waals surface area contributed by atoms with Gasteiger partial charge in [-0.25, -0.2) is 14.6 Å². The van der Waals surface area contributed by atoms with Crippen LogP contribution in [0.3, 0.4) is 0 Å². The lowest BCUT2D eigenvalue weighted by Crippen LogP contribution is -2.29. The van der Waals surface area contributed by atoms with Gasteiger partial charge in [0, 0.05) is 12.1 Å². The van der Waals surface area contributed by atoms with E-state index in [1.54, 1.807) is 10.9 Å². The van der Waals surface area contributed by atoms with Crippen molar-refractivity contribution in [2.75, 3.05) is 0 Å². The van der Waals surface area contributed by atoms with Gasteiger partial charge >= 0.3 is 0 Å². The average Bonchev–Trinajstić information content (AvgIpc) is 3.37. The molecule has 0 saturated carbocycles. The van der Waals surface area contributed by atoms with Crippen molar-refractivity contribution in [1.29, 1.82) is 0 Å². The van der Waals surface area contributed by atoms with Crippen molar-refractivity contribution in [3.05, 3.63) is 59.8 Å². The second kappa shape index (κ2) is 7.83. The van der Waals surface area contributed by atoms with Crippen LogP contribution in [-0.2, 0) is 6.54 Å². The van der Waals surface area contributed by atoms with Gasteiger partial charge in [0.2, 0.25) is 0 Å².